The molecule has 0 N–H and O–H groups in total. The van der Waals surface area contributed by atoms with Gasteiger partial charge in [0.2, 0.25) is 10.0 Å². The first-order chi connectivity index (χ1) is 10.5. The van der Waals surface area contributed by atoms with Crippen LogP contribution < -0.4 is 0 Å². The second kappa shape index (κ2) is 7.03. The maximum Gasteiger partial charge on any atom is 0.236 e. The number of sulfonamides is 1. The van der Waals surface area contributed by atoms with Gasteiger partial charge < -0.3 is 0 Å². The Kier molecular flexibility index (Phi) is 5.10. The van der Waals surface area contributed by atoms with Crippen LogP contribution in [0, 0.1) is 11.3 Å². The predicted molar refractivity (Wildman–Crippen MR) is 87.0 cm³/mol. The minimum Gasteiger partial charge on any atom is -0.208 e. The van der Waals surface area contributed by atoms with Crippen LogP contribution in [0.3, 0.4) is 0 Å². The fourth-order valence-electron chi connectivity index (χ4n) is 1.86. The minimum atomic E-state index is -3.48. The molecule has 2 rings (SSSR count). The van der Waals surface area contributed by atoms with Gasteiger partial charge in [-0.2, -0.15) is 9.57 Å². The smallest absolute Gasteiger partial charge is 0.208 e. The largest absolute Gasteiger partial charge is 0.236 e. The zero-order valence-electron chi connectivity index (χ0n) is 12.2. The van der Waals surface area contributed by atoms with Gasteiger partial charge in [-0.15, -0.1) is 0 Å². The normalized spacial score (nSPS) is 11.7. The van der Waals surface area contributed by atoms with Crippen molar-refractivity contribution >= 4 is 16.1 Å². The first-order valence-electron chi connectivity index (χ1n) is 6.70. The van der Waals surface area contributed by atoms with Gasteiger partial charge in [0.15, 0.2) is 0 Å². The molecule has 0 aliphatic heterocycles. The molecule has 0 aliphatic carbocycles. The molecule has 2 aromatic carbocycles. The molecule has 0 aromatic heterocycles. The van der Waals surface area contributed by atoms with E-state index < -0.39 is 10.0 Å². The number of benzene rings is 2. The van der Waals surface area contributed by atoms with Crippen LogP contribution in [0.2, 0.25) is 0 Å². The van der Waals surface area contributed by atoms with Crippen LogP contribution >= 0.6 is 0 Å². The van der Waals surface area contributed by atoms with Gasteiger partial charge in [0.05, 0.1) is 11.6 Å². The molecule has 4 nitrogen and oxygen atoms in total. The molecule has 112 valence electrons. The topological polar surface area (TPSA) is 61.2 Å². The van der Waals surface area contributed by atoms with Crippen molar-refractivity contribution in [2.75, 3.05) is 7.05 Å². The van der Waals surface area contributed by atoms with Crippen LogP contribution in [0.4, 0.5) is 0 Å². The Morgan fingerprint density at radius 3 is 2.32 bits per heavy atom. The molecule has 0 heterocycles. The van der Waals surface area contributed by atoms with Crippen LogP contribution in [-0.4, -0.2) is 19.8 Å². The molecule has 0 atom stereocenters. The highest BCUT2D eigenvalue weighted by molar-refractivity contribution is 7.92. The average Bonchev–Trinajstić information content (AvgIpc) is 2.54. The van der Waals surface area contributed by atoms with Crippen molar-refractivity contribution in [2.24, 2.45) is 0 Å². The molecule has 0 amide bonds. The van der Waals surface area contributed by atoms with E-state index in [-0.39, 0.29) is 6.54 Å². The van der Waals surface area contributed by atoms with Crippen LogP contribution in [0.25, 0.3) is 6.08 Å². The lowest BCUT2D eigenvalue weighted by molar-refractivity contribution is 0.475. The van der Waals surface area contributed by atoms with E-state index in [4.69, 9.17) is 5.26 Å². The Labute approximate surface area is 131 Å². The zero-order chi connectivity index (χ0) is 16.0. The number of nitrogens with zero attached hydrogens (tertiary/aromatic N) is 2. The Balaban J connectivity index is 2.08. The molecule has 0 bridgehead atoms. The summed E-state index contributed by atoms with van der Waals surface area (Å²) < 4.78 is 25.7. The lowest BCUT2D eigenvalue weighted by Crippen LogP contribution is -2.24. The Morgan fingerprint density at radius 2 is 1.73 bits per heavy atom. The summed E-state index contributed by atoms with van der Waals surface area (Å²) in [4.78, 5) is 0. The summed E-state index contributed by atoms with van der Waals surface area (Å²) in [5, 5.41) is 9.95. The van der Waals surface area contributed by atoms with Crippen molar-refractivity contribution in [3.63, 3.8) is 0 Å². The third-order valence-electron chi connectivity index (χ3n) is 3.15. The first-order valence-corrected chi connectivity index (χ1v) is 8.20. The molecule has 2 aromatic rings. The van der Waals surface area contributed by atoms with E-state index in [1.165, 1.54) is 16.8 Å². The predicted octanol–water partition coefficient (Wildman–Crippen LogP) is 2.99. The second-order valence-corrected chi connectivity index (χ2v) is 6.75. The van der Waals surface area contributed by atoms with Crippen molar-refractivity contribution in [2.45, 2.75) is 6.54 Å². The van der Waals surface area contributed by atoms with Crippen molar-refractivity contribution in [1.82, 2.24) is 4.31 Å². The number of rotatable bonds is 5. The van der Waals surface area contributed by atoms with Crippen LogP contribution in [0.15, 0.2) is 60.0 Å². The van der Waals surface area contributed by atoms with Crippen molar-refractivity contribution in [3.05, 3.63) is 76.7 Å². The molecule has 0 unspecified atom stereocenters. The van der Waals surface area contributed by atoms with Gasteiger partial charge in [0.25, 0.3) is 0 Å². The standard InChI is InChI=1S/C17H16N2O2S/c1-19(14-17-9-7-16(13-18)8-10-17)22(20,21)12-11-15-5-3-2-4-6-15/h2-12H,14H2,1H3. The van der Waals surface area contributed by atoms with Crippen molar-refractivity contribution in [3.8, 4) is 6.07 Å². The summed E-state index contributed by atoms with van der Waals surface area (Å²) in [6.07, 6.45) is 1.57. The Morgan fingerprint density at radius 1 is 1.09 bits per heavy atom. The SMILES string of the molecule is CN(Cc1ccc(C#N)cc1)S(=O)(=O)C=Cc1ccccc1. The Hall–Kier alpha value is -2.42. The molecule has 0 fully saturated rings. The van der Waals surface area contributed by atoms with Gasteiger partial charge in [0.1, 0.15) is 0 Å². The quantitative estimate of drug-likeness (QED) is 0.852. The second-order valence-electron chi connectivity index (χ2n) is 4.82. The van der Waals surface area contributed by atoms with E-state index >= 15 is 0 Å². The number of nitriles is 1. The minimum absolute atomic E-state index is 0.257. The number of hydrogen-bond acceptors (Lipinski definition) is 3. The third kappa shape index (κ3) is 4.29. The monoisotopic (exact) mass is 312 g/mol. The summed E-state index contributed by atoms with van der Waals surface area (Å²) in [5.41, 5.74) is 2.22. The number of hydrogen-bond donors (Lipinski definition) is 0. The zero-order valence-corrected chi connectivity index (χ0v) is 13.0. The summed E-state index contributed by atoms with van der Waals surface area (Å²) in [6, 6.07) is 18.2. The van der Waals surface area contributed by atoms with Crippen LogP contribution in [-0.2, 0) is 16.6 Å². The fourth-order valence-corrected chi connectivity index (χ4v) is 2.73. The third-order valence-corrected chi connectivity index (χ3v) is 4.63. The van der Waals surface area contributed by atoms with Crippen LogP contribution in [0.1, 0.15) is 16.7 Å². The van der Waals surface area contributed by atoms with Crippen molar-refractivity contribution in [1.29, 1.82) is 5.26 Å². The molecule has 0 aliphatic rings. The van der Waals surface area contributed by atoms with E-state index in [0.717, 1.165) is 11.1 Å². The highest BCUT2D eigenvalue weighted by atomic mass is 32.2. The van der Waals surface area contributed by atoms with E-state index in [9.17, 15) is 8.42 Å². The van der Waals surface area contributed by atoms with E-state index in [1.807, 2.05) is 36.4 Å². The van der Waals surface area contributed by atoms with E-state index in [1.54, 1.807) is 30.3 Å². The summed E-state index contributed by atoms with van der Waals surface area (Å²) >= 11 is 0. The van der Waals surface area contributed by atoms with Crippen LogP contribution in [0.5, 0.6) is 0 Å². The van der Waals surface area contributed by atoms with E-state index in [2.05, 4.69) is 0 Å². The molecular weight excluding hydrogens is 296 g/mol. The molecular formula is C17H16N2O2S. The summed E-state index contributed by atoms with van der Waals surface area (Å²) in [5.74, 6) is 0. The highest BCUT2D eigenvalue weighted by Crippen LogP contribution is 2.11. The van der Waals surface area contributed by atoms with Gasteiger partial charge in [-0.25, -0.2) is 8.42 Å². The van der Waals surface area contributed by atoms with Gasteiger partial charge in [-0.1, -0.05) is 42.5 Å². The fraction of sp³-hybridized carbons (Fsp3) is 0.118. The lowest BCUT2D eigenvalue weighted by Gasteiger charge is -2.14. The summed E-state index contributed by atoms with van der Waals surface area (Å²) in [7, 11) is -1.95. The molecule has 0 spiro atoms. The average molecular weight is 312 g/mol. The van der Waals surface area contributed by atoms with Gasteiger partial charge in [-0.05, 0) is 29.3 Å². The molecule has 0 saturated carbocycles. The first kappa shape index (κ1) is 16.0. The molecule has 5 heteroatoms. The van der Waals surface area contributed by atoms with E-state index in [0.29, 0.717) is 5.56 Å². The molecule has 0 radical (unpaired) electrons. The van der Waals surface area contributed by atoms with Gasteiger partial charge in [0, 0.05) is 19.0 Å². The highest BCUT2D eigenvalue weighted by Gasteiger charge is 2.14. The Bertz CT molecular complexity index is 789. The maximum atomic E-state index is 12.2. The summed E-state index contributed by atoms with van der Waals surface area (Å²) in [6.45, 7) is 0.257. The molecule has 0 saturated heterocycles. The maximum absolute atomic E-state index is 12.2. The lowest BCUT2D eigenvalue weighted by atomic mass is 10.1. The van der Waals surface area contributed by atoms with Gasteiger partial charge >= 0.3 is 0 Å². The van der Waals surface area contributed by atoms with Gasteiger partial charge in [-0.3, -0.25) is 0 Å². The van der Waals surface area contributed by atoms with Crippen molar-refractivity contribution < 1.29 is 8.42 Å². The molecule has 22 heavy (non-hydrogen) atoms.